The molecule has 2 atom stereocenters. The van der Waals surface area contributed by atoms with E-state index in [-0.39, 0.29) is 5.91 Å². The number of hydrogen-bond acceptors (Lipinski definition) is 2. The van der Waals surface area contributed by atoms with Crippen molar-refractivity contribution in [1.29, 1.82) is 0 Å². The van der Waals surface area contributed by atoms with Gasteiger partial charge in [-0.2, -0.15) is 0 Å². The van der Waals surface area contributed by atoms with Crippen molar-refractivity contribution in [3.8, 4) is 11.1 Å². The topological polar surface area (TPSA) is 29.5 Å². The zero-order valence-electron chi connectivity index (χ0n) is 14.9. The molecule has 25 heavy (non-hydrogen) atoms. The number of hydrogen-bond donors (Lipinski definition) is 0. The number of rotatable bonds is 3. The Hall–Kier alpha value is -2.13. The van der Waals surface area contributed by atoms with Gasteiger partial charge in [-0.15, -0.1) is 0 Å². The molecule has 4 rings (SSSR count). The monoisotopic (exact) mass is 335 g/mol. The number of carbonyl (C=O) groups is 1. The molecule has 1 amide bonds. The molecule has 130 valence electrons. The Kier molecular flexibility index (Phi) is 4.34. The SMILES string of the molecule is COC1CC2CCC(C1)N2C(=O)c1ccc(-c2ccc(C)cc2)cc1. The number of benzene rings is 2. The van der Waals surface area contributed by atoms with Crippen molar-refractivity contribution in [2.75, 3.05) is 7.11 Å². The molecule has 0 radical (unpaired) electrons. The zero-order chi connectivity index (χ0) is 17.4. The summed E-state index contributed by atoms with van der Waals surface area (Å²) in [5.74, 6) is 0.178. The third kappa shape index (κ3) is 3.09. The van der Waals surface area contributed by atoms with Crippen LogP contribution in [0.5, 0.6) is 0 Å². The lowest BCUT2D eigenvalue weighted by atomic mass is 9.97. The van der Waals surface area contributed by atoms with Gasteiger partial charge in [0, 0.05) is 24.8 Å². The Balaban J connectivity index is 1.52. The lowest BCUT2D eigenvalue weighted by Gasteiger charge is -2.38. The van der Waals surface area contributed by atoms with Gasteiger partial charge in [-0.25, -0.2) is 0 Å². The van der Waals surface area contributed by atoms with Crippen LogP contribution < -0.4 is 0 Å². The first-order valence-electron chi connectivity index (χ1n) is 9.18. The number of amides is 1. The summed E-state index contributed by atoms with van der Waals surface area (Å²) in [5.41, 5.74) is 4.39. The average Bonchev–Trinajstić information content (AvgIpc) is 2.91. The van der Waals surface area contributed by atoms with Crippen molar-refractivity contribution >= 4 is 5.91 Å². The van der Waals surface area contributed by atoms with Gasteiger partial charge in [0.1, 0.15) is 0 Å². The standard InChI is InChI=1S/C22H25NO2/c1-15-3-5-16(6-4-15)17-7-9-18(10-8-17)22(24)23-19-11-12-20(23)14-21(13-19)25-2/h3-10,19-21H,11-14H2,1-2H3. The smallest absolute Gasteiger partial charge is 0.254 e. The number of methoxy groups -OCH3 is 1. The van der Waals surface area contributed by atoms with Crippen molar-refractivity contribution in [3.05, 3.63) is 59.7 Å². The maximum atomic E-state index is 13.0. The normalized spacial score (nSPS) is 25.2. The molecule has 0 N–H and O–H groups in total. The Bertz CT molecular complexity index is 737. The second kappa shape index (κ2) is 6.64. The van der Waals surface area contributed by atoms with Crippen LogP contribution in [0.3, 0.4) is 0 Å². The number of carbonyl (C=O) groups excluding carboxylic acids is 1. The minimum Gasteiger partial charge on any atom is -0.381 e. The van der Waals surface area contributed by atoms with Crippen LogP contribution in [0.1, 0.15) is 41.6 Å². The van der Waals surface area contributed by atoms with E-state index < -0.39 is 0 Å². The van der Waals surface area contributed by atoms with Gasteiger partial charge >= 0.3 is 0 Å². The van der Waals surface area contributed by atoms with E-state index in [9.17, 15) is 4.79 Å². The van der Waals surface area contributed by atoms with E-state index in [1.807, 2.05) is 12.1 Å². The van der Waals surface area contributed by atoms with Gasteiger partial charge in [0.05, 0.1) is 6.10 Å². The van der Waals surface area contributed by atoms with E-state index in [4.69, 9.17) is 4.74 Å². The molecular formula is C22H25NO2. The highest BCUT2D eigenvalue weighted by Crippen LogP contribution is 2.37. The Labute approximate surface area is 149 Å². The molecule has 3 heteroatoms. The van der Waals surface area contributed by atoms with Crippen molar-refractivity contribution in [2.24, 2.45) is 0 Å². The van der Waals surface area contributed by atoms with Gasteiger partial charge in [-0.1, -0.05) is 42.0 Å². The minimum absolute atomic E-state index is 0.178. The van der Waals surface area contributed by atoms with Crippen LogP contribution in [0.4, 0.5) is 0 Å². The van der Waals surface area contributed by atoms with Crippen LogP contribution in [-0.2, 0) is 4.74 Å². The van der Waals surface area contributed by atoms with Crippen LogP contribution in [0.2, 0.25) is 0 Å². The summed E-state index contributed by atoms with van der Waals surface area (Å²) >= 11 is 0. The molecule has 2 aromatic rings. The predicted octanol–water partition coefficient (Wildman–Crippen LogP) is 4.44. The highest BCUT2D eigenvalue weighted by atomic mass is 16.5. The summed E-state index contributed by atoms with van der Waals surface area (Å²) < 4.78 is 5.54. The van der Waals surface area contributed by atoms with E-state index in [1.54, 1.807) is 7.11 Å². The minimum atomic E-state index is 0.178. The lowest BCUT2D eigenvalue weighted by Crippen LogP contribution is -2.48. The molecule has 2 unspecified atom stereocenters. The summed E-state index contributed by atoms with van der Waals surface area (Å²) in [6.07, 6.45) is 4.47. The summed E-state index contributed by atoms with van der Waals surface area (Å²) in [7, 11) is 1.78. The van der Waals surface area contributed by atoms with Gasteiger partial charge < -0.3 is 9.64 Å². The Morgan fingerprint density at radius 3 is 1.96 bits per heavy atom. The van der Waals surface area contributed by atoms with E-state index >= 15 is 0 Å². The molecule has 0 spiro atoms. The van der Waals surface area contributed by atoms with Crippen LogP contribution in [-0.4, -0.2) is 36.1 Å². The molecule has 0 aliphatic carbocycles. The van der Waals surface area contributed by atoms with Crippen molar-refractivity contribution < 1.29 is 9.53 Å². The molecular weight excluding hydrogens is 310 g/mol. The van der Waals surface area contributed by atoms with Gasteiger partial charge in [-0.05, 0) is 55.9 Å². The molecule has 2 heterocycles. The quantitative estimate of drug-likeness (QED) is 0.830. The molecule has 2 saturated heterocycles. The Morgan fingerprint density at radius 2 is 1.44 bits per heavy atom. The molecule has 2 fully saturated rings. The first-order chi connectivity index (χ1) is 12.2. The highest BCUT2D eigenvalue weighted by Gasteiger charge is 2.43. The number of fused-ring (bicyclic) bond motifs is 2. The van der Waals surface area contributed by atoms with Crippen molar-refractivity contribution in [2.45, 2.75) is 50.8 Å². The fourth-order valence-electron chi connectivity index (χ4n) is 4.35. The van der Waals surface area contributed by atoms with E-state index in [0.29, 0.717) is 18.2 Å². The van der Waals surface area contributed by atoms with Gasteiger partial charge in [0.2, 0.25) is 0 Å². The number of piperidine rings is 1. The predicted molar refractivity (Wildman–Crippen MR) is 99.6 cm³/mol. The van der Waals surface area contributed by atoms with Crippen molar-refractivity contribution in [3.63, 3.8) is 0 Å². The highest BCUT2D eigenvalue weighted by molar-refractivity contribution is 5.95. The van der Waals surface area contributed by atoms with Gasteiger partial charge in [0.15, 0.2) is 0 Å². The first kappa shape index (κ1) is 16.3. The van der Waals surface area contributed by atoms with Crippen LogP contribution in [0.15, 0.2) is 48.5 Å². The third-order valence-electron chi connectivity index (χ3n) is 5.77. The second-order valence-electron chi connectivity index (χ2n) is 7.37. The van der Waals surface area contributed by atoms with E-state index in [1.165, 1.54) is 11.1 Å². The van der Waals surface area contributed by atoms with Crippen LogP contribution in [0.25, 0.3) is 11.1 Å². The van der Waals surface area contributed by atoms with Crippen molar-refractivity contribution in [1.82, 2.24) is 4.90 Å². The number of nitrogens with zero attached hydrogens (tertiary/aromatic N) is 1. The summed E-state index contributed by atoms with van der Waals surface area (Å²) in [6, 6.07) is 17.2. The van der Waals surface area contributed by atoms with Crippen LogP contribution in [0, 0.1) is 6.92 Å². The molecule has 2 bridgehead atoms. The Morgan fingerprint density at radius 1 is 0.920 bits per heavy atom. The van der Waals surface area contributed by atoms with Crippen LogP contribution >= 0.6 is 0 Å². The fourth-order valence-corrected chi connectivity index (χ4v) is 4.35. The summed E-state index contributed by atoms with van der Waals surface area (Å²) in [4.78, 5) is 15.2. The van der Waals surface area contributed by atoms with E-state index in [2.05, 4.69) is 48.2 Å². The molecule has 2 aromatic carbocycles. The molecule has 0 saturated carbocycles. The average molecular weight is 335 g/mol. The first-order valence-corrected chi connectivity index (χ1v) is 9.18. The molecule has 0 aromatic heterocycles. The van der Waals surface area contributed by atoms with E-state index in [0.717, 1.165) is 36.8 Å². The van der Waals surface area contributed by atoms with Gasteiger partial charge in [-0.3, -0.25) is 4.79 Å². The molecule has 2 aliphatic heterocycles. The number of aryl methyl sites for hydroxylation is 1. The summed E-state index contributed by atoms with van der Waals surface area (Å²) in [5, 5.41) is 0. The zero-order valence-corrected chi connectivity index (χ0v) is 14.9. The fraction of sp³-hybridized carbons (Fsp3) is 0.409. The van der Waals surface area contributed by atoms with Gasteiger partial charge in [0.25, 0.3) is 5.91 Å². The lowest BCUT2D eigenvalue weighted by molar-refractivity contribution is 0.00822. The third-order valence-corrected chi connectivity index (χ3v) is 5.77. The maximum Gasteiger partial charge on any atom is 0.254 e. The largest absolute Gasteiger partial charge is 0.381 e. The summed E-state index contributed by atoms with van der Waals surface area (Å²) in [6.45, 7) is 2.09. The molecule has 3 nitrogen and oxygen atoms in total. The number of ether oxygens (including phenoxy) is 1. The maximum absolute atomic E-state index is 13.0. The second-order valence-corrected chi connectivity index (χ2v) is 7.37. The molecule has 2 aliphatic rings.